The van der Waals surface area contributed by atoms with Crippen molar-refractivity contribution in [1.29, 1.82) is 0 Å². The number of hydrogen-bond donors (Lipinski definition) is 1. The van der Waals surface area contributed by atoms with Crippen LogP contribution in [0, 0.1) is 0 Å². The van der Waals surface area contributed by atoms with Gasteiger partial charge in [0, 0.05) is 18.7 Å². The minimum absolute atomic E-state index is 0.536. The summed E-state index contributed by atoms with van der Waals surface area (Å²) in [5.41, 5.74) is 0.695. The quantitative estimate of drug-likeness (QED) is 0.898. The molecule has 6 nitrogen and oxygen atoms in total. The van der Waals surface area contributed by atoms with Crippen molar-refractivity contribution in [1.82, 2.24) is 25.4 Å². The van der Waals surface area contributed by atoms with Crippen LogP contribution in [0.1, 0.15) is 31.6 Å². The number of nitrogens with zero attached hydrogens (tertiary/aromatic N) is 4. The second-order valence-electron chi connectivity index (χ2n) is 4.79. The molecule has 1 atom stereocenters. The van der Waals surface area contributed by atoms with Crippen LogP contribution >= 0.6 is 0 Å². The largest absolute Gasteiger partial charge is 0.339 e. The smallest absolute Gasteiger partial charge is 0.227 e. The lowest BCUT2D eigenvalue weighted by Gasteiger charge is -2.22. The minimum Gasteiger partial charge on any atom is -0.339 e. The van der Waals surface area contributed by atoms with Gasteiger partial charge in [0.1, 0.15) is 12.0 Å². The fourth-order valence-electron chi connectivity index (χ4n) is 2.35. The van der Waals surface area contributed by atoms with Crippen LogP contribution in [0.25, 0.3) is 11.5 Å². The molecule has 6 heteroatoms. The molecule has 1 aliphatic rings. The van der Waals surface area contributed by atoms with Crippen molar-refractivity contribution < 1.29 is 4.52 Å². The number of nitrogens with one attached hydrogen (secondary N) is 1. The Morgan fingerprint density at radius 3 is 3.16 bits per heavy atom. The summed E-state index contributed by atoms with van der Waals surface area (Å²) in [7, 11) is 0. The third-order valence-electron chi connectivity index (χ3n) is 3.40. The normalized spacial score (nSPS) is 19.5. The van der Waals surface area contributed by atoms with E-state index in [1.165, 1.54) is 25.6 Å². The summed E-state index contributed by atoms with van der Waals surface area (Å²) in [5, 5.41) is 7.47. The molecule has 0 bridgehead atoms. The molecule has 0 saturated carbocycles. The van der Waals surface area contributed by atoms with Crippen molar-refractivity contribution in [3.05, 3.63) is 24.5 Å². The van der Waals surface area contributed by atoms with E-state index in [0.717, 1.165) is 19.4 Å². The number of hydrogen-bond acceptors (Lipinski definition) is 6. The molecule has 0 aliphatic carbocycles. The molecule has 0 amide bonds. The van der Waals surface area contributed by atoms with Crippen LogP contribution < -0.4 is 5.32 Å². The highest BCUT2D eigenvalue weighted by molar-refractivity contribution is 5.46. The van der Waals surface area contributed by atoms with E-state index in [-0.39, 0.29) is 0 Å². The zero-order chi connectivity index (χ0) is 12.9. The first-order valence-corrected chi connectivity index (χ1v) is 6.74. The predicted molar refractivity (Wildman–Crippen MR) is 69.3 cm³/mol. The molecule has 19 heavy (non-hydrogen) atoms. The topological polar surface area (TPSA) is 76.7 Å². The SMILES string of the molecule is c1cc(-c2noc(CCC3CCCCN3)n2)ncn1. The Balaban J connectivity index is 1.59. The van der Waals surface area contributed by atoms with E-state index in [9.17, 15) is 0 Å². The van der Waals surface area contributed by atoms with Crippen molar-refractivity contribution in [2.45, 2.75) is 38.1 Å². The fraction of sp³-hybridized carbons (Fsp3) is 0.538. The van der Waals surface area contributed by atoms with Gasteiger partial charge >= 0.3 is 0 Å². The van der Waals surface area contributed by atoms with E-state index in [0.29, 0.717) is 23.5 Å². The van der Waals surface area contributed by atoms with E-state index in [2.05, 4.69) is 25.4 Å². The lowest BCUT2D eigenvalue weighted by atomic mass is 10.0. The molecular weight excluding hydrogens is 242 g/mol. The summed E-state index contributed by atoms with van der Waals surface area (Å²) in [6.07, 6.45) is 8.86. The molecule has 0 radical (unpaired) electrons. The van der Waals surface area contributed by atoms with Crippen LogP contribution in [0.3, 0.4) is 0 Å². The lowest BCUT2D eigenvalue weighted by molar-refractivity contribution is 0.342. The summed E-state index contributed by atoms with van der Waals surface area (Å²) < 4.78 is 5.26. The van der Waals surface area contributed by atoms with Crippen LogP contribution in [-0.4, -0.2) is 32.7 Å². The van der Waals surface area contributed by atoms with E-state index in [1.807, 2.05) is 0 Å². The zero-order valence-electron chi connectivity index (χ0n) is 10.7. The second kappa shape index (κ2) is 5.88. The third-order valence-corrected chi connectivity index (χ3v) is 3.40. The molecule has 1 N–H and O–H groups in total. The Morgan fingerprint density at radius 1 is 1.37 bits per heavy atom. The second-order valence-corrected chi connectivity index (χ2v) is 4.79. The average Bonchev–Trinajstić information content (AvgIpc) is 2.96. The van der Waals surface area contributed by atoms with Gasteiger partial charge in [-0.25, -0.2) is 9.97 Å². The van der Waals surface area contributed by atoms with Gasteiger partial charge in [-0.2, -0.15) is 4.98 Å². The molecular formula is C13H17N5O. The van der Waals surface area contributed by atoms with Crippen LogP contribution in [0.5, 0.6) is 0 Å². The van der Waals surface area contributed by atoms with Gasteiger partial charge in [-0.1, -0.05) is 11.6 Å². The highest BCUT2D eigenvalue weighted by Gasteiger charge is 2.15. The summed E-state index contributed by atoms with van der Waals surface area (Å²) in [6, 6.07) is 2.36. The molecule has 3 rings (SSSR count). The summed E-state index contributed by atoms with van der Waals surface area (Å²) in [5.74, 6) is 1.22. The molecule has 100 valence electrons. The molecule has 1 aliphatic heterocycles. The maximum Gasteiger partial charge on any atom is 0.227 e. The van der Waals surface area contributed by atoms with Crippen molar-refractivity contribution in [2.75, 3.05) is 6.54 Å². The summed E-state index contributed by atoms with van der Waals surface area (Å²) in [4.78, 5) is 12.3. The predicted octanol–water partition coefficient (Wildman–Crippen LogP) is 1.60. The van der Waals surface area contributed by atoms with E-state index in [1.54, 1.807) is 12.3 Å². The van der Waals surface area contributed by atoms with E-state index in [4.69, 9.17) is 4.52 Å². The Morgan fingerprint density at radius 2 is 2.37 bits per heavy atom. The van der Waals surface area contributed by atoms with E-state index < -0.39 is 0 Å². The first-order chi connectivity index (χ1) is 9.42. The Kier molecular flexibility index (Phi) is 3.78. The van der Waals surface area contributed by atoms with Crippen LogP contribution in [0.2, 0.25) is 0 Å². The van der Waals surface area contributed by atoms with Gasteiger partial charge in [-0.15, -0.1) is 0 Å². The van der Waals surface area contributed by atoms with Crippen molar-refractivity contribution in [3.63, 3.8) is 0 Å². The molecule has 1 unspecified atom stereocenters. The molecule has 2 aromatic rings. The molecule has 0 spiro atoms. The molecule has 1 saturated heterocycles. The van der Waals surface area contributed by atoms with Crippen LogP contribution in [0.15, 0.2) is 23.1 Å². The fourth-order valence-corrected chi connectivity index (χ4v) is 2.35. The van der Waals surface area contributed by atoms with Gasteiger partial charge in [-0.3, -0.25) is 0 Å². The standard InChI is InChI=1S/C13H17N5O/c1-2-7-15-10(3-1)4-5-12-17-13(18-19-12)11-6-8-14-9-16-11/h6,8-10,15H,1-5,7H2. The number of piperidine rings is 1. The van der Waals surface area contributed by atoms with Crippen molar-refractivity contribution in [2.24, 2.45) is 0 Å². The number of rotatable bonds is 4. The molecule has 3 heterocycles. The Bertz CT molecular complexity index is 507. The lowest BCUT2D eigenvalue weighted by Crippen LogP contribution is -2.34. The first-order valence-electron chi connectivity index (χ1n) is 6.74. The third kappa shape index (κ3) is 3.14. The van der Waals surface area contributed by atoms with Gasteiger partial charge in [0.25, 0.3) is 0 Å². The van der Waals surface area contributed by atoms with Gasteiger partial charge in [0.15, 0.2) is 0 Å². The van der Waals surface area contributed by atoms with Crippen molar-refractivity contribution >= 4 is 0 Å². The number of aromatic nitrogens is 4. The Labute approximate surface area is 111 Å². The maximum atomic E-state index is 5.26. The van der Waals surface area contributed by atoms with Crippen molar-refractivity contribution in [3.8, 4) is 11.5 Å². The van der Waals surface area contributed by atoms with Gasteiger partial charge in [0.05, 0.1) is 0 Å². The zero-order valence-corrected chi connectivity index (χ0v) is 10.7. The van der Waals surface area contributed by atoms with E-state index >= 15 is 0 Å². The summed E-state index contributed by atoms with van der Waals surface area (Å²) in [6.45, 7) is 1.13. The monoisotopic (exact) mass is 259 g/mol. The molecule has 1 fully saturated rings. The minimum atomic E-state index is 0.536. The Hall–Kier alpha value is -1.82. The highest BCUT2D eigenvalue weighted by atomic mass is 16.5. The van der Waals surface area contributed by atoms with Gasteiger partial charge in [-0.05, 0) is 31.9 Å². The van der Waals surface area contributed by atoms with Crippen LogP contribution in [-0.2, 0) is 6.42 Å². The van der Waals surface area contributed by atoms with Gasteiger partial charge < -0.3 is 9.84 Å². The van der Waals surface area contributed by atoms with Crippen LogP contribution in [0.4, 0.5) is 0 Å². The average molecular weight is 259 g/mol. The first kappa shape index (κ1) is 12.2. The molecule has 0 aromatic carbocycles. The maximum absolute atomic E-state index is 5.26. The molecule has 2 aromatic heterocycles. The number of aryl methyl sites for hydroxylation is 1. The highest BCUT2D eigenvalue weighted by Crippen LogP contribution is 2.15. The summed E-state index contributed by atoms with van der Waals surface area (Å²) >= 11 is 0. The van der Waals surface area contributed by atoms with Gasteiger partial charge in [0.2, 0.25) is 11.7 Å².